The number of aromatic hydroxyl groups is 1. The molecule has 0 aliphatic heterocycles. The van der Waals surface area contributed by atoms with Crippen LogP contribution in [0, 0.1) is 11.8 Å². The summed E-state index contributed by atoms with van der Waals surface area (Å²) in [5.74, 6) is -5.85. The minimum absolute atomic E-state index is 0.0175. The molecule has 0 saturated carbocycles. The van der Waals surface area contributed by atoms with Gasteiger partial charge in [0, 0.05) is 11.5 Å². The molecule has 0 saturated heterocycles. The number of aliphatic hydroxyl groups excluding tert-OH is 2. The van der Waals surface area contributed by atoms with E-state index in [0.717, 1.165) is 16.9 Å². The van der Waals surface area contributed by atoms with E-state index >= 15 is 0 Å². The molecule has 2 aromatic rings. The monoisotopic (exact) mass is 548 g/mol. The van der Waals surface area contributed by atoms with Gasteiger partial charge in [0.15, 0.2) is 11.4 Å². The zero-order chi connectivity index (χ0) is 29.1. The van der Waals surface area contributed by atoms with Crippen LogP contribution >= 0.6 is 0 Å². The molecule has 40 heavy (non-hydrogen) atoms. The Labute approximate surface area is 231 Å². The lowest BCUT2D eigenvalue weighted by molar-refractivity contribution is -0.148. The third-order valence-electron chi connectivity index (χ3n) is 8.52. The SMILES string of the molecule is COc1cccc(CCc2ccc(O)c3c2CC2CC4[C@H](N(C)C)C(O)=C(C(N)=O)C(=O)[C@@]4(O)C(O)=C2C3=O)c1. The highest BCUT2D eigenvalue weighted by atomic mass is 16.5. The van der Waals surface area contributed by atoms with Gasteiger partial charge < -0.3 is 30.9 Å². The largest absolute Gasteiger partial charge is 0.510 e. The number of hydrogen-bond donors (Lipinski definition) is 5. The van der Waals surface area contributed by atoms with Crippen LogP contribution in [0.2, 0.25) is 0 Å². The highest BCUT2D eigenvalue weighted by Crippen LogP contribution is 2.52. The number of phenolic OH excluding ortho intramolecular Hbond substituents is 1. The number of nitrogens with two attached hydrogens (primary N) is 1. The van der Waals surface area contributed by atoms with Crippen LogP contribution in [-0.4, -0.2) is 75.6 Å². The van der Waals surface area contributed by atoms with Crippen LogP contribution in [-0.2, 0) is 28.9 Å². The Bertz CT molecular complexity index is 1510. The van der Waals surface area contributed by atoms with E-state index in [2.05, 4.69) is 0 Å². The van der Waals surface area contributed by atoms with Crippen molar-refractivity contribution in [3.05, 3.63) is 81.3 Å². The van der Waals surface area contributed by atoms with Crippen molar-refractivity contribution in [3.63, 3.8) is 0 Å². The first-order valence-electron chi connectivity index (χ1n) is 13.0. The van der Waals surface area contributed by atoms with Crippen molar-refractivity contribution >= 4 is 17.5 Å². The average molecular weight is 549 g/mol. The first-order valence-corrected chi connectivity index (χ1v) is 13.0. The smallest absolute Gasteiger partial charge is 0.255 e. The van der Waals surface area contributed by atoms with Crippen molar-refractivity contribution in [1.29, 1.82) is 0 Å². The van der Waals surface area contributed by atoms with Crippen LogP contribution in [0.25, 0.3) is 0 Å². The second-order valence-corrected chi connectivity index (χ2v) is 10.9. The third kappa shape index (κ3) is 3.98. The Kier molecular flexibility index (Phi) is 6.71. The number of fused-ring (bicyclic) bond motifs is 3. The maximum Gasteiger partial charge on any atom is 0.255 e. The molecule has 1 amide bonds. The molecule has 0 aromatic heterocycles. The summed E-state index contributed by atoms with van der Waals surface area (Å²) in [5, 5.41) is 44.7. The summed E-state index contributed by atoms with van der Waals surface area (Å²) < 4.78 is 5.31. The maximum atomic E-state index is 13.8. The van der Waals surface area contributed by atoms with Crippen molar-refractivity contribution < 1.29 is 39.5 Å². The minimum atomic E-state index is -2.65. The fourth-order valence-electron chi connectivity index (χ4n) is 6.66. The number of aliphatic hydroxyl groups is 3. The van der Waals surface area contributed by atoms with E-state index in [1.807, 2.05) is 24.3 Å². The molecule has 0 bridgehead atoms. The molecule has 10 heteroatoms. The molecule has 6 N–H and O–H groups in total. The van der Waals surface area contributed by atoms with Gasteiger partial charge in [0.25, 0.3) is 5.91 Å². The summed E-state index contributed by atoms with van der Waals surface area (Å²) in [6.45, 7) is 0. The predicted molar refractivity (Wildman–Crippen MR) is 144 cm³/mol. The van der Waals surface area contributed by atoms with Crippen molar-refractivity contribution in [2.24, 2.45) is 17.6 Å². The van der Waals surface area contributed by atoms with E-state index in [1.165, 1.54) is 11.0 Å². The zero-order valence-electron chi connectivity index (χ0n) is 22.5. The van der Waals surface area contributed by atoms with Crippen LogP contribution in [0.3, 0.4) is 0 Å². The van der Waals surface area contributed by atoms with Crippen LogP contribution < -0.4 is 10.5 Å². The molecule has 0 fully saturated rings. The number of allylic oxidation sites excluding steroid dienone is 1. The van der Waals surface area contributed by atoms with Gasteiger partial charge in [0.2, 0.25) is 5.78 Å². The first kappa shape index (κ1) is 27.4. The van der Waals surface area contributed by atoms with Crippen molar-refractivity contribution in [2.75, 3.05) is 21.2 Å². The van der Waals surface area contributed by atoms with E-state index in [9.17, 15) is 34.8 Å². The van der Waals surface area contributed by atoms with Gasteiger partial charge in [0.05, 0.1) is 18.7 Å². The lowest BCUT2D eigenvalue weighted by Gasteiger charge is -2.50. The number of likely N-dealkylation sites (N-methyl/N-ethyl adjacent to an activating group) is 1. The second kappa shape index (κ2) is 9.79. The quantitative estimate of drug-likeness (QED) is 0.338. The molecule has 3 aliphatic carbocycles. The normalized spacial score (nSPS) is 26.0. The molecule has 2 unspecified atom stereocenters. The number of ether oxygens (including phenoxy) is 1. The first-order chi connectivity index (χ1) is 18.9. The van der Waals surface area contributed by atoms with Crippen molar-refractivity contribution in [3.8, 4) is 11.5 Å². The van der Waals surface area contributed by atoms with Gasteiger partial charge in [0.1, 0.15) is 28.6 Å². The molecule has 0 radical (unpaired) electrons. The number of primary amides is 1. The number of rotatable bonds is 6. The van der Waals surface area contributed by atoms with Gasteiger partial charge >= 0.3 is 0 Å². The summed E-state index contributed by atoms with van der Waals surface area (Å²) in [6.07, 6.45) is 1.53. The van der Waals surface area contributed by atoms with Gasteiger partial charge in [-0.3, -0.25) is 19.3 Å². The fourth-order valence-corrected chi connectivity index (χ4v) is 6.66. The number of phenols is 1. The Morgan fingerprint density at radius 2 is 1.85 bits per heavy atom. The number of methoxy groups -OCH3 is 1. The Balaban J connectivity index is 1.59. The van der Waals surface area contributed by atoms with Crippen LogP contribution in [0.1, 0.15) is 33.5 Å². The number of amides is 1. The number of aryl methyl sites for hydroxylation is 2. The van der Waals surface area contributed by atoms with Gasteiger partial charge in [-0.2, -0.15) is 0 Å². The maximum absolute atomic E-state index is 13.8. The van der Waals surface area contributed by atoms with Crippen molar-refractivity contribution in [1.82, 2.24) is 4.90 Å². The van der Waals surface area contributed by atoms with Gasteiger partial charge in [-0.1, -0.05) is 18.2 Å². The number of benzene rings is 2. The van der Waals surface area contributed by atoms with E-state index in [1.54, 1.807) is 27.3 Å². The number of Topliss-reactive ketones (excluding diaryl/α,β-unsaturated/α-hetero) is 2. The minimum Gasteiger partial charge on any atom is -0.510 e. The van der Waals surface area contributed by atoms with E-state index in [-0.39, 0.29) is 29.7 Å². The number of carbonyl (C=O) groups excluding carboxylic acids is 3. The zero-order valence-corrected chi connectivity index (χ0v) is 22.5. The summed E-state index contributed by atoms with van der Waals surface area (Å²) in [5.41, 5.74) is 4.28. The molecule has 4 atom stereocenters. The fraction of sp³-hybridized carbons (Fsp3) is 0.367. The van der Waals surface area contributed by atoms with Gasteiger partial charge in [-0.05, 0) is 80.6 Å². The lowest BCUT2D eigenvalue weighted by Crippen LogP contribution is -2.63. The van der Waals surface area contributed by atoms with Gasteiger partial charge in [-0.25, -0.2) is 0 Å². The molecule has 5 rings (SSSR count). The van der Waals surface area contributed by atoms with E-state index in [0.29, 0.717) is 18.4 Å². The summed E-state index contributed by atoms with van der Waals surface area (Å²) in [6, 6.07) is 9.83. The van der Waals surface area contributed by atoms with E-state index in [4.69, 9.17) is 10.5 Å². The van der Waals surface area contributed by atoms with Crippen LogP contribution in [0.15, 0.2) is 59.1 Å². The average Bonchev–Trinajstić information content (AvgIpc) is 2.90. The lowest BCUT2D eigenvalue weighted by atomic mass is 9.58. The molecule has 210 valence electrons. The molecule has 2 aromatic carbocycles. The van der Waals surface area contributed by atoms with Crippen molar-refractivity contribution in [2.45, 2.75) is 37.3 Å². The topological polar surface area (TPSA) is 171 Å². The van der Waals surface area contributed by atoms with Gasteiger partial charge in [-0.15, -0.1) is 0 Å². The Morgan fingerprint density at radius 1 is 1.12 bits per heavy atom. The number of nitrogens with zero attached hydrogens (tertiary/aromatic N) is 1. The third-order valence-corrected chi connectivity index (χ3v) is 8.52. The van der Waals surface area contributed by atoms with Crippen LogP contribution in [0.4, 0.5) is 0 Å². The summed E-state index contributed by atoms with van der Waals surface area (Å²) in [7, 11) is 4.79. The molecule has 0 spiro atoms. The molecular formula is C30H32N2O8. The summed E-state index contributed by atoms with van der Waals surface area (Å²) >= 11 is 0. The standard InChI is InChI=1S/C30H32N2O8/c1-32(2)24-19-13-16-12-18-15(8-7-14-5-4-6-17(11-14)40-3)9-10-20(33)22(18)25(34)21(16)27(36)30(19,39)28(37)23(26(24)35)29(31)38/h4-6,9-11,16,19,24,33,35-36,39H,7-8,12-13H2,1-3H3,(H2,31,38)/t16?,19?,24-,30-/m0/s1. The van der Waals surface area contributed by atoms with E-state index < -0.39 is 58.0 Å². The highest BCUT2D eigenvalue weighted by Gasteiger charge is 2.63. The summed E-state index contributed by atoms with van der Waals surface area (Å²) in [4.78, 5) is 40.8. The molecular weight excluding hydrogens is 516 g/mol. The Hall–Kier alpha value is -4.15. The molecule has 0 heterocycles. The number of ketones is 2. The second-order valence-electron chi connectivity index (χ2n) is 10.9. The predicted octanol–water partition coefficient (Wildman–Crippen LogP) is 1.91. The highest BCUT2D eigenvalue weighted by molar-refractivity contribution is 6.24. The van der Waals surface area contributed by atoms with Crippen LogP contribution in [0.5, 0.6) is 11.5 Å². The number of hydrogen-bond acceptors (Lipinski definition) is 9. The number of carbonyl (C=O) groups is 3. The Morgan fingerprint density at radius 3 is 2.50 bits per heavy atom. The molecule has 3 aliphatic rings. The molecule has 10 nitrogen and oxygen atoms in total.